The highest BCUT2D eigenvalue weighted by Gasteiger charge is 2.35. The number of hydrogen-bond acceptors (Lipinski definition) is 2. The predicted molar refractivity (Wildman–Crippen MR) is 74.7 cm³/mol. The average Bonchev–Trinajstić information content (AvgIpc) is 2.80. The van der Waals surface area contributed by atoms with Gasteiger partial charge in [0.05, 0.1) is 5.54 Å². The first kappa shape index (κ1) is 13.1. The highest BCUT2D eigenvalue weighted by atomic mass is 16.2. The average molecular weight is 246 g/mol. The Kier molecular flexibility index (Phi) is 4.02. The van der Waals surface area contributed by atoms with Gasteiger partial charge in [0.15, 0.2) is 0 Å². The van der Waals surface area contributed by atoms with E-state index in [1.54, 1.807) is 0 Å². The van der Waals surface area contributed by atoms with E-state index in [1.165, 1.54) is 5.56 Å². The molecule has 2 N–H and O–H groups in total. The van der Waals surface area contributed by atoms with E-state index in [0.29, 0.717) is 0 Å². The Balaban J connectivity index is 1.98. The standard InChI is InChI=1S/C15H22N2O/c1-3-5-12-6-8-13(9-7-12)17-14(18)15(2)10-4-11-16-15/h6-9,16H,3-5,10-11H2,1-2H3,(H,17,18). The number of amides is 1. The van der Waals surface area contributed by atoms with Crippen LogP contribution in [0.2, 0.25) is 0 Å². The Morgan fingerprint density at radius 3 is 2.67 bits per heavy atom. The van der Waals surface area contributed by atoms with Gasteiger partial charge in [0.2, 0.25) is 5.91 Å². The number of hydrogen-bond donors (Lipinski definition) is 2. The third-order valence-electron chi connectivity index (χ3n) is 3.62. The topological polar surface area (TPSA) is 41.1 Å². The summed E-state index contributed by atoms with van der Waals surface area (Å²) in [5.74, 6) is 0.0724. The van der Waals surface area contributed by atoms with Crippen LogP contribution >= 0.6 is 0 Å². The van der Waals surface area contributed by atoms with Gasteiger partial charge < -0.3 is 10.6 Å². The lowest BCUT2D eigenvalue weighted by Crippen LogP contribution is -2.47. The van der Waals surface area contributed by atoms with E-state index in [1.807, 2.05) is 19.1 Å². The fourth-order valence-corrected chi connectivity index (χ4v) is 2.40. The van der Waals surface area contributed by atoms with E-state index in [9.17, 15) is 4.79 Å². The lowest BCUT2D eigenvalue weighted by atomic mass is 9.99. The van der Waals surface area contributed by atoms with Crippen LogP contribution in [0.25, 0.3) is 0 Å². The molecule has 1 heterocycles. The maximum absolute atomic E-state index is 12.2. The van der Waals surface area contributed by atoms with Crippen molar-refractivity contribution in [2.24, 2.45) is 0 Å². The molecule has 3 heteroatoms. The lowest BCUT2D eigenvalue weighted by molar-refractivity contribution is -0.121. The number of nitrogens with one attached hydrogen (secondary N) is 2. The fourth-order valence-electron chi connectivity index (χ4n) is 2.40. The summed E-state index contributed by atoms with van der Waals surface area (Å²) in [5, 5.41) is 6.26. The van der Waals surface area contributed by atoms with Gasteiger partial charge in [0, 0.05) is 5.69 Å². The molecule has 1 atom stereocenters. The maximum atomic E-state index is 12.2. The van der Waals surface area contributed by atoms with Crippen molar-refractivity contribution in [3.8, 4) is 0 Å². The molecule has 1 aromatic rings. The first-order valence-electron chi connectivity index (χ1n) is 6.79. The Morgan fingerprint density at radius 2 is 2.11 bits per heavy atom. The Morgan fingerprint density at radius 1 is 1.39 bits per heavy atom. The molecule has 0 aromatic heterocycles. The molecule has 0 spiro atoms. The monoisotopic (exact) mass is 246 g/mol. The fraction of sp³-hybridized carbons (Fsp3) is 0.533. The van der Waals surface area contributed by atoms with Crippen molar-refractivity contribution >= 4 is 11.6 Å². The normalized spacial score (nSPS) is 23.0. The first-order chi connectivity index (χ1) is 8.64. The number of benzene rings is 1. The number of aryl methyl sites for hydroxylation is 1. The largest absolute Gasteiger partial charge is 0.324 e. The van der Waals surface area contributed by atoms with Crippen molar-refractivity contribution in [1.29, 1.82) is 0 Å². The van der Waals surface area contributed by atoms with Crippen LogP contribution in [0.4, 0.5) is 5.69 Å². The van der Waals surface area contributed by atoms with Gasteiger partial charge >= 0.3 is 0 Å². The molecular formula is C15H22N2O. The van der Waals surface area contributed by atoms with E-state index in [4.69, 9.17) is 0 Å². The molecule has 0 bridgehead atoms. The van der Waals surface area contributed by atoms with Crippen LogP contribution in [0.5, 0.6) is 0 Å². The summed E-state index contributed by atoms with van der Waals surface area (Å²) in [6.45, 7) is 5.07. The third kappa shape index (κ3) is 2.91. The highest BCUT2D eigenvalue weighted by molar-refractivity contribution is 5.98. The van der Waals surface area contributed by atoms with Crippen molar-refractivity contribution in [3.05, 3.63) is 29.8 Å². The van der Waals surface area contributed by atoms with E-state index < -0.39 is 5.54 Å². The lowest BCUT2D eigenvalue weighted by Gasteiger charge is -2.23. The molecule has 0 saturated carbocycles. The van der Waals surface area contributed by atoms with Crippen LogP contribution in [-0.4, -0.2) is 18.0 Å². The van der Waals surface area contributed by atoms with Crippen molar-refractivity contribution in [2.75, 3.05) is 11.9 Å². The number of rotatable bonds is 4. The molecule has 0 radical (unpaired) electrons. The summed E-state index contributed by atoms with van der Waals surface area (Å²) in [6, 6.07) is 8.15. The van der Waals surface area contributed by atoms with Gasteiger partial charge in [-0.05, 0) is 50.4 Å². The third-order valence-corrected chi connectivity index (χ3v) is 3.62. The van der Waals surface area contributed by atoms with Crippen LogP contribution in [0.15, 0.2) is 24.3 Å². The Labute approximate surface area is 109 Å². The predicted octanol–water partition coefficient (Wildman–Crippen LogP) is 2.72. The molecule has 0 aliphatic carbocycles. The van der Waals surface area contributed by atoms with Crippen LogP contribution in [0.1, 0.15) is 38.7 Å². The van der Waals surface area contributed by atoms with Gasteiger partial charge in [0.1, 0.15) is 0 Å². The molecule has 1 amide bonds. The molecule has 18 heavy (non-hydrogen) atoms. The molecule has 2 rings (SSSR count). The minimum atomic E-state index is -0.401. The summed E-state index contributed by atoms with van der Waals surface area (Å²) >= 11 is 0. The molecule has 1 fully saturated rings. The van der Waals surface area contributed by atoms with Crippen molar-refractivity contribution in [1.82, 2.24) is 5.32 Å². The van der Waals surface area contributed by atoms with Crippen molar-refractivity contribution in [2.45, 2.75) is 45.1 Å². The van der Waals surface area contributed by atoms with Gasteiger partial charge in [-0.15, -0.1) is 0 Å². The second-order valence-corrected chi connectivity index (χ2v) is 5.26. The molecular weight excluding hydrogens is 224 g/mol. The van der Waals surface area contributed by atoms with Gasteiger partial charge in [-0.25, -0.2) is 0 Å². The molecule has 3 nitrogen and oxygen atoms in total. The van der Waals surface area contributed by atoms with Gasteiger partial charge in [0.25, 0.3) is 0 Å². The SMILES string of the molecule is CCCc1ccc(NC(=O)C2(C)CCCN2)cc1. The van der Waals surface area contributed by atoms with E-state index in [-0.39, 0.29) is 5.91 Å². The van der Waals surface area contributed by atoms with Crippen LogP contribution in [0, 0.1) is 0 Å². The first-order valence-corrected chi connectivity index (χ1v) is 6.79. The summed E-state index contributed by atoms with van der Waals surface area (Å²) in [5.41, 5.74) is 1.80. The molecule has 1 saturated heterocycles. The molecule has 1 unspecified atom stereocenters. The van der Waals surface area contributed by atoms with Crippen molar-refractivity contribution in [3.63, 3.8) is 0 Å². The van der Waals surface area contributed by atoms with Gasteiger partial charge in [-0.3, -0.25) is 4.79 Å². The van der Waals surface area contributed by atoms with E-state index in [0.717, 1.165) is 37.9 Å². The van der Waals surface area contributed by atoms with Crippen LogP contribution in [0.3, 0.4) is 0 Å². The zero-order chi connectivity index (χ0) is 13.0. The summed E-state index contributed by atoms with van der Waals surface area (Å²) in [7, 11) is 0. The van der Waals surface area contributed by atoms with Crippen LogP contribution in [-0.2, 0) is 11.2 Å². The molecule has 98 valence electrons. The number of anilines is 1. The Bertz CT molecular complexity index is 405. The molecule has 1 aliphatic heterocycles. The second kappa shape index (κ2) is 5.53. The molecule has 1 aromatic carbocycles. The number of carbonyl (C=O) groups excluding carboxylic acids is 1. The maximum Gasteiger partial charge on any atom is 0.244 e. The van der Waals surface area contributed by atoms with Crippen LogP contribution < -0.4 is 10.6 Å². The van der Waals surface area contributed by atoms with Gasteiger partial charge in [-0.2, -0.15) is 0 Å². The van der Waals surface area contributed by atoms with Crippen molar-refractivity contribution < 1.29 is 4.79 Å². The molecule has 1 aliphatic rings. The minimum Gasteiger partial charge on any atom is -0.324 e. The summed E-state index contributed by atoms with van der Waals surface area (Å²) in [6.07, 6.45) is 4.22. The zero-order valence-electron chi connectivity index (χ0n) is 11.3. The van der Waals surface area contributed by atoms with E-state index in [2.05, 4.69) is 29.7 Å². The second-order valence-electron chi connectivity index (χ2n) is 5.26. The Hall–Kier alpha value is -1.35. The summed E-state index contributed by atoms with van der Waals surface area (Å²) < 4.78 is 0. The minimum absolute atomic E-state index is 0.0724. The van der Waals surface area contributed by atoms with E-state index >= 15 is 0 Å². The zero-order valence-corrected chi connectivity index (χ0v) is 11.3. The quantitative estimate of drug-likeness (QED) is 0.857. The number of carbonyl (C=O) groups is 1. The summed E-state index contributed by atoms with van der Waals surface area (Å²) in [4.78, 5) is 12.2. The van der Waals surface area contributed by atoms with Gasteiger partial charge in [-0.1, -0.05) is 25.5 Å². The highest BCUT2D eigenvalue weighted by Crippen LogP contribution is 2.21. The smallest absolute Gasteiger partial charge is 0.244 e.